The summed E-state index contributed by atoms with van der Waals surface area (Å²) in [6.45, 7) is 4.18. The van der Waals surface area contributed by atoms with Crippen LogP contribution in [-0.4, -0.2) is 12.4 Å². The highest BCUT2D eigenvalue weighted by Crippen LogP contribution is 2.23. The molecule has 2 rings (SSSR count). The van der Waals surface area contributed by atoms with Crippen molar-refractivity contribution in [2.75, 3.05) is 6.61 Å². The maximum atomic E-state index is 12.4. The van der Waals surface area contributed by atoms with Gasteiger partial charge in [0.05, 0.1) is 5.41 Å². The van der Waals surface area contributed by atoms with Gasteiger partial charge in [0.15, 0.2) is 5.78 Å². The molecule has 0 atom stereocenters. The Morgan fingerprint density at radius 1 is 0.947 bits per heavy atom. The van der Waals surface area contributed by atoms with Gasteiger partial charge < -0.3 is 4.74 Å². The average Bonchev–Trinajstić information content (AvgIpc) is 2.46. The first-order valence-electron chi connectivity index (χ1n) is 6.37. The number of Topliss-reactive ketones (excluding diaryl/α,β-unsaturated/α-hetero) is 1. The fourth-order valence-corrected chi connectivity index (χ4v) is 1.83. The van der Waals surface area contributed by atoms with Gasteiger partial charge in [-0.05, 0) is 26.0 Å². The zero-order valence-corrected chi connectivity index (χ0v) is 11.3. The molecule has 19 heavy (non-hydrogen) atoms. The minimum atomic E-state index is -0.544. The number of rotatable bonds is 5. The van der Waals surface area contributed by atoms with Crippen LogP contribution in [0.5, 0.6) is 5.75 Å². The summed E-state index contributed by atoms with van der Waals surface area (Å²) < 4.78 is 5.69. The normalized spacial score (nSPS) is 11.1. The molecule has 2 aromatic rings. The number of ketones is 1. The number of ether oxygens (including phenoxy) is 1. The third-order valence-electron chi connectivity index (χ3n) is 2.99. The van der Waals surface area contributed by atoms with Gasteiger partial charge in [-0.3, -0.25) is 4.79 Å². The van der Waals surface area contributed by atoms with Crippen LogP contribution >= 0.6 is 0 Å². The molecule has 0 amide bonds. The molecule has 0 unspecified atom stereocenters. The average molecular weight is 254 g/mol. The number of hydrogen-bond donors (Lipinski definition) is 0. The van der Waals surface area contributed by atoms with E-state index in [2.05, 4.69) is 0 Å². The molecule has 2 nitrogen and oxygen atoms in total. The van der Waals surface area contributed by atoms with Crippen LogP contribution in [0.2, 0.25) is 0 Å². The molecule has 98 valence electrons. The van der Waals surface area contributed by atoms with Gasteiger partial charge in [0.1, 0.15) is 12.4 Å². The first-order valence-corrected chi connectivity index (χ1v) is 6.37. The Kier molecular flexibility index (Phi) is 4.00. The van der Waals surface area contributed by atoms with E-state index in [-0.39, 0.29) is 5.78 Å². The number of benzene rings is 2. The predicted molar refractivity (Wildman–Crippen MR) is 76.5 cm³/mol. The maximum absolute atomic E-state index is 12.4. The van der Waals surface area contributed by atoms with Gasteiger partial charge in [0.2, 0.25) is 0 Å². The van der Waals surface area contributed by atoms with Crippen LogP contribution in [0.4, 0.5) is 0 Å². The highest BCUT2D eigenvalue weighted by atomic mass is 16.5. The predicted octanol–water partition coefficient (Wildman–Crippen LogP) is 3.97. The summed E-state index contributed by atoms with van der Waals surface area (Å²) in [5, 5.41) is 0. The van der Waals surface area contributed by atoms with Gasteiger partial charge >= 0.3 is 0 Å². The minimum absolute atomic E-state index is 0.101. The van der Waals surface area contributed by atoms with Crippen molar-refractivity contribution in [3.05, 3.63) is 66.2 Å². The molecular weight excluding hydrogens is 236 g/mol. The third-order valence-corrected chi connectivity index (χ3v) is 2.99. The summed E-state index contributed by atoms with van der Waals surface area (Å²) in [7, 11) is 0. The van der Waals surface area contributed by atoms with Crippen molar-refractivity contribution in [2.45, 2.75) is 13.8 Å². The van der Waals surface area contributed by atoms with Gasteiger partial charge in [-0.2, -0.15) is 0 Å². The Labute approximate surface area is 114 Å². The van der Waals surface area contributed by atoms with Crippen LogP contribution in [0.1, 0.15) is 24.2 Å². The van der Waals surface area contributed by atoms with E-state index in [1.807, 2.05) is 74.5 Å². The Morgan fingerprint density at radius 3 is 2.05 bits per heavy atom. The van der Waals surface area contributed by atoms with E-state index in [1.165, 1.54) is 0 Å². The summed E-state index contributed by atoms with van der Waals surface area (Å²) in [5.41, 5.74) is 0.182. The van der Waals surface area contributed by atoms with Crippen molar-refractivity contribution in [3.8, 4) is 5.75 Å². The molecule has 0 N–H and O–H groups in total. The van der Waals surface area contributed by atoms with Crippen LogP contribution in [-0.2, 0) is 0 Å². The van der Waals surface area contributed by atoms with Crippen LogP contribution in [0.3, 0.4) is 0 Å². The van der Waals surface area contributed by atoms with E-state index < -0.39 is 5.41 Å². The van der Waals surface area contributed by atoms with E-state index in [4.69, 9.17) is 4.74 Å². The number of hydrogen-bond acceptors (Lipinski definition) is 2. The maximum Gasteiger partial charge on any atom is 0.171 e. The van der Waals surface area contributed by atoms with Gasteiger partial charge in [0, 0.05) is 5.56 Å². The van der Waals surface area contributed by atoms with Gasteiger partial charge in [0.25, 0.3) is 0 Å². The van der Waals surface area contributed by atoms with E-state index in [1.54, 1.807) is 0 Å². The quantitative estimate of drug-likeness (QED) is 0.754. The van der Waals surface area contributed by atoms with Crippen LogP contribution in [0, 0.1) is 5.41 Å². The number of carbonyl (C=O) groups is 1. The fraction of sp³-hybridized carbons (Fsp3) is 0.235. The SMILES string of the molecule is CC(C)(COc1ccccc1)C(=O)c1ccccc1. The highest BCUT2D eigenvalue weighted by molar-refractivity contribution is 6.00. The van der Waals surface area contributed by atoms with Crippen LogP contribution in [0.15, 0.2) is 60.7 Å². The lowest BCUT2D eigenvalue weighted by Gasteiger charge is -2.23. The molecule has 0 spiro atoms. The number of para-hydroxylation sites is 1. The summed E-state index contributed by atoms with van der Waals surface area (Å²) in [6, 6.07) is 18.9. The lowest BCUT2D eigenvalue weighted by atomic mass is 9.85. The molecule has 0 aliphatic heterocycles. The molecule has 0 aromatic heterocycles. The van der Waals surface area contributed by atoms with Gasteiger partial charge in [-0.25, -0.2) is 0 Å². The molecular formula is C17H18O2. The van der Waals surface area contributed by atoms with E-state index in [0.29, 0.717) is 6.61 Å². The van der Waals surface area contributed by atoms with E-state index in [9.17, 15) is 4.79 Å². The van der Waals surface area contributed by atoms with Crippen LogP contribution < -0.4 is 4.74 Å². The van der Waals surface area contributed by atoms with Crippen LogP contribution in [0.25, 0.3) is 0 Å². The first-order chi connectivity index (χ1) is 9.09. The molecule has 0 fully saturated rings. The van der Waals surface area contributed by atoms with Crippen molar-refractivity contribution in [3.63, 3.8) is 0 Å². The third kappa shape index (κ3) is 3.44. The number of carbonyl (C=O) groups excluding carboxylic acids is 1. The molecule has 2 aromatic carbocycles. The standard InChI is InChI=1S/C17H18O2/c1-17(2,13-19-15-11-7-4-8-12-15)16(18)14-9-5-3-6-10-14/h3-12H,13H2,1-2H3. The topological polar surface area (TPSA) is 26.3 Å². The molecule has 0 radical (unpaired) electrons. The van der Waals surface area contributed by atoms with Gasteiger partial charge in [-0.15, -0.1) is 0 Å². The fourth-order valence-electron chi connectivity index (χ4n) is 1.83. The van der Waals surface area contributed by atoms with Crippen molar-refractivity contribution in [1.82, 2.24) is 0 Å². The zero-order valence-electron chi connectivity index (χ0n) is 11.3. The second kappa shape index (κ2) is 5.70. The van der Waals surface area contributed by atoms with Crippen molar-refractivity contribution in [1.29, 1.82) is 0 Å². The molecule has 0 aliphatic rings. The van der Waals surface area contributed by atoms with Crippen molar-refractivity contribution in [2.24, 2.45) is 5.41 Å². The Hall–Kier alpha value is -2.09. The Bertz CT molecular complexity index is 530. The van der Waals surface area contributed by atoms with E-state index >= 15 is 0 Å². The minimum Gasteiger partial charge on any atom is -0.493 e. The molecule has 0 aliphatic carbocycles. The van der Waals surface area contributed by atoms with E-state index in [0.717, 1.165) is 11.3 Å². The molecule has 2 heteroatoms. The van der Waals surface area contributed by atoms with Crippen molar-refractivity contribution < 1.29 is 9.53 Å². The monoisotopic (exact) mass is 254 g/mol. The largest absolute Gasteiger partial charge is 0.493 e. The second-order valence-corrected chi connectivity index (χ2v) is 5.18. The molecule has 0 heterocycles. The summed E-state index contributed by atoms with van der Waals surface area (Å²) >= 11 is 0. The molecule has 0 saturated heterocycles. The molecule has 0 bridgehead atoms. The first kappa shape index (κ1) is 13.3. The zero-order chi connectivity index (χ0) is 13.7. The lowest BCUT2D eigenvalue weighted by Crippen LogP contribution is -2.31. The van der Waals surface area contributed by atoms with Crippen molar-refractivity contribution >= 4 is 5.78 Å². The molecule has 0 saturated carbocycles. The Balaban J connectivity index is 2.04. The summed E-state index contributed by atoms with van der Waals surface area (Å²) in [5.74, 6) is 0.889. The Morgan fingerprint density at radius 2 is 1.47 bits per heavy atom. The smallest absolute Gasteiger partial charge is 0.171 e. The second-order valence-electron chi connectivity index (χ2n) is 5.18. The highest BCUT2D eigenvalue weighted by Gasteiger charge is 2.29. The lowest BCUT2D eigenvalue weighted by molar-refractivity contribution is 0.0751. The van der Waals surface area contributed by atoms with Gasteiger partial charge in [-0.1, -0.05) is 48.5 Å². The summed E-state index contributed by atoms with van der Waals surface area (Å²) in [4.78, 5) is 12.4. The summed E-state index contributed by atoms with van der Waals surface area (Å²) in [6.07, 6.45) is 0.